The minimum Gasteiger partial charge on any atom is -0.390 e. The van der Waals surface area contributed by atoms with Crippen molar-refractivity contribution in [3.63, 3.8) is 0 Å². The molecule has 0 aliphatic heterocycles. The van der Waals surface area contributed by atoms with Gasteiger partial charge < -0.3 is 9.67 Å². The zero-order valence-electron chi connectivity index (χ0n) is 12.2. The van der Waals surface area contributed by atoms with E-state index in [-0.39, 0.29) is 29.5 Å². The molecular weight excluding hydrogens is 264 g/mol. The molecule has 2 N–H and O–H groups in total. The summed E-state index contributed by atoms with van der Waals surface area (Å²) in [5.74, 6) is 0.222. The monoisotopic (exact) mass is 288 g/mol. The van der Waals surface area contributed by atoms with E-state index in [0.29, 0.717) is 5.69 Å². The van der Waals surface area contributed by atoms with Crippen LogP contribution in [0.5, 0.6) is 0 Å². The lowest BCUT2D eigenvalue weighted by Gasteiger charge is -2.16. The van der Waals surface area contributed by atoms with Gasteiger partial charge in [0.15, 0.2) is 0 Å². The van der Waals surface area contributed by atoms with Crippen LogP contribution in [0.2, 0.25) is 0 Å². The topological polar surface area (TPSA) is 71.3 Å². The van der Waals surface area contributed by atoms with Crippen molar-refractivity contribution >= 4 is 10.0 Å². The van der Waals surface area contributed by atoms with Crippen LogP contribution in [0.1, 0.15) is 46.4 Å². The van der Waals surface area contributed by atoms with Crippen molar-refractivity contribution in [3.05, 3.63) is 18.0 Å². The van der Waals surface area contributed by atoms with E-state index >= 15 is 0 Å². The molecule has 1 rings (SSSR count). The lowest BCUT2D eigenvalue weighted by atomic mass is 10.1. The molecule has 5 nitrogen and oxygen atoms in total. The first-order valence-corrected chi connectivity index (χ1v) is 8.01. The summed E-state index contributed by atoms with van der Waals surface area (Å²) in [7, 11) is -3.53. The first-order valence-electron chi connectivity index (χ1n) is 6.53. The number of sulfonamides is 1. The molecule has 0 aromatic carbocycles. The second-order valence-corrected chi connectivity index (χ2v) is 7.19. The molecule has 1 aromatic heterocycles. The van der Waals surface area contributed by atoms with Gasteiger partial charge in [-0.1, -0.05) is 13.8 Å². The van der Waals surface area contributed by atoms with Crippen LogP contribution >= 0.6 is 0 Å². The maximum Gasteiger partial charge on any atom is 0.242 e. The van der Waals surface area contributed by atoms with Crippen molar-refractivity contribution in [1.29, 1.82) is 0 Å². The number of hydrogen-bond acceptors (Lipinski definition) is 3. The number of aromatic nitrogens is 1. The number of aliphatic hydroxyl groups excluding tert-OH is 1. The lowest BCUT2D eigenvalue weighted by Crippen LogP contribution is -2.35. The van der Waals surface area contributed by atoms with Gasteiger partial charge in [0.1, 0.15) is 0 Å². The third kappa shape index (κ3) is 3.81. The molecule has 0 aliphatic rings. The predicted octanol–water partition coefficient (Wildman–Crippen LogP) is 1.88. The first-order chi connectivity index (χ1) is 8.69. The summed E-state index contributed by atoms with van der Waals surface area (Å²) in [5.41, 5.74) is 0.604. The van der Waals surface area contributed by atoms with Gasteiger partial charge in [-0.2, -0.15) is 0 Å². The highest BCUT2D eigenvalue weighted by molar-refractivity contribution is 7.89. The summed E-state index contributed by atoms with van der Waals surface area (Å²) in [6, 6.07) is 1.49. The zero-order valence-corrected chi connectivity index (χ0v) is 13.0. The van der Waals surface area contributed by atoms with E-state index in [1.165, 1.54) is 6.07 Å². The van der Waals surface area contributed by atoms with Gasteiger partial charge in [-0.3, -0.25) is 0 Å². The molecule has 1 atom stereocenters. The Labute approximate surface area is 115 Å². The van der Waals surface area contributed by atoms with Crippen molar-refractivity contribution in [2.45, 2.75) is 58.2 Å². The zero-order chi connectivity index (χ0) is 14.8. The van der Waals surface area contributed by atoms with Crippen LogP contribution in [0.4, 0.5) is 0 Å². The number of hydrogen-bond donors (Lipinski definition) is 2. The van der Waals surface area contributed by atoms with Crippen LogP contribution in [-0.4, -0.2) is 24.1 Å². The fourth-order valence-electron chi connectivity index (χ4n) is 1.70. The van der Waals surface area contributed by atoms with Gasteiger partial charge in [0.05, 0.1) is 11.5 Å². The van der Waals surface area contributed by atoms with Crippen LogP contribution in [-0.2, 0) is 16.6 Å². The van der Waals surface area contributed by atoms with Crippen LogP contribution in [0, 0.1) is 5.92 Å². The largest absolute Gasteiger partial charge is 0.390 e. The molecule has 0 bridgehead atoms. The molecular formula is C13H24N2O3S. The fraction of sp³-hybridized carbons (Fsp3) is 0.692. The summed E-state index contributed by atoms with van der Waals surface area (Å²) in [5, 5.41) is 9.28. The number of rotatable bonds is 6. The predicted molar refractivity (Wildman–Crippen MR) is 75.4 cm³/mol. The van der Waals surface area contributed by atoms with Gasteiger partial charge in [-0.15, -0.1) is 0 Å². The van der Waals surface area contributed by atoms with Gasteiger partial charge in [-0.25, -0.2) is 13.1 Å². The highest BCUT2D eigenvalue weighted by Gasteiger charge is 2.22. The minimum absolute atomic E-state index is 0.105. The van der Waals surface area contributed by atoms with E-state index in [0.717, 1.165) is 0 Å². The normalized spacial score (nSPS) is 14.3. The molecule has 0 aliphatic carbocycles. The second-order valence-electron chi connectivity index (χ2n) is 5.48. The summed E-state index contributed by atoms with van der Waals surface area (Å²) in [6.45, 7) is 9.48. The van der Waals surface area contributed by atoms with Gasteiger partial charge in [-0.05, 0) is 32.8 Å². The molecule has 19 heavy (non-hydrogen) atoms. The number of aliphatic hydroxyl groups is 1. The molecule has 0 radical (unpaired) electrons. The quantitative estimate of drug-likeness (QED) is 0.839. The standard InChI is InChI=1S/C13H24N2O3S/c1-9(2)11(5)14-19(17,18)13-6-12(8-16)15(7-13)10(3)4/h6-7,9-11,14,16H,8H2,1-5H3. The Morgan fingerprint density at radius 2 is 1.84 bits per heavy atom. The van der Waals surface area contributed by atoms with Gasteiger partial charge in [0.25, 0.3) is 0 Å². The molecule has 0 saturated heterocycles. The molecule has 0 amide bonds. The Balaban J connectivity index is 3.09. The van der Waals surface area contributed by atoms with Crippen LogP contribution < -0.4 is 4.72 Å². The molecule has 110 valence electrons. The Morgan fingerprint density at radius 1 is 1.26 bits per heavy atom. The van der Waals surface area contributed by atoms with E-state index in [9.17, 15) is 13.5 Å². The highest BCUT2D eigenvalue weighted by atomic mass is 32.2. The van der Waals surface area contributed by atoms with Gasteiger partial charge >= 0.3 is 0 Å². The summed E-state index contributed by atoms with van der Waals surface area (Å²) in [6.07, 6.45) is 1.58. The van der Waals surface area contributed by atoms with Crippen LogP contribution in [0.15, 0.2) is 17.2 Å². The Kier molecular flexibility index (Phi) is 5.18. The Bertz CT molecular complexity index is 518. The van der Waals surface area contributed by atoms with Crippen molar-refractivity contribution in [2.24, 2.45) is 5.92 Å². The summed E-state index contributed by atoms with van der Waals surface area (Å²) in [4.78, 5) is 0.206. The van der Waals surface area contributed by atoms with E-state index in [4.69, 9.17) is 0 Å². The average Bonchev–Trinajstić information content (AvgIpc) is 2.72. The highest BCUT2D eigenvalue weighted by Crippen LogP contribution is 2.19. The molecule has 1 aromatic rings. The smallest absolute Gasteiger partial charge is 0.242 e. The Hall–Kier alpha value is -0.850. The fourth-order valence-corrected chi connectivity index (χ4v) is 3.14. The van der Waals surface area contributed by atoms with Crippen molar-refractivity contribution in [3.8, 4) is 0 Å². The third-order valence-corrected chi connectivity index (χ3v) is 4.80. The van der Waals surface area contributed by atoms with E-state index in [2.05, 4.69) is 4.72 Å². The van der Waals surface area contributed by atoms with E-state index in [1.54, 1.807) is 10.8 Å². The van der Waals surface area contributed by atoms with E-state index < -0.39 is 10.0 Å². The van der Waals surface area contributed by atoms with Gasteiger partial charge in [0, 0.05) is 24.0 Å². The van der Waals surface area contributed by atoms with Crippen LogP contribution in [0.25, 0.3) is 0 Å². The van der Waals surface area contributed by atoms with E-state index in [1.807, 2.05) is 34.6 Å². The average molecular weight is 288 g/mol. The minimum atomic E-state index is -3.53. The number of nitrogens with one attached hydrogen (secondary N) is 1. The Morgan fingerprint density at radius 3 is 2.21 bits per heavy atom. The van der Waals surface area contributed by atoms with Crippen LogP contribution in [0.3, 0.4) is 0 Å². The summed E-state index contributed by atoms with van der Waals surface area (Å²) < 4.78 is 28.9. The van der Waals surface area contributed by atoms with Crippen molar-refractivity contribution in [2.75, 3.05) is 0 Å². The SMILES string of the molecule is CC(C)C(C)NS(=O)(=O)c1cc(CO)n(C(C)C)c1. The molecule has 6 heteroatoms. The van der Waals surface area contributed by atoms with Gasteiger partial charge in [0.2, 0.25) is 10.0 Å². The van der Waals surface area contributed by atoms with Crippen molar-refractivity contribution in [1.82, 2.24) is 9.29 Å². The maximum absolute atomic E-state index is 12.2. The molecule has 0 saturated carbocycles. The lowest BCUT2D eigenvalue weighted by molar-refractivity contribution is 0.268. The third-order valence-electron chi connectivity index (χ3n) is 3.28. The maximum atomic E-state index is 12.2. The molecule has 1 unspecified atom stereocenters. The first kappa shape index (κ1) is 16.2. The summed E-state index contributed by atoms with van der Waals surface area (Å²) >= 11 is 0. The second kappa shape index (κ2) is 6.07. The number of nitrogens with zero attached hydrogens (tertiary/aromatic N) is 1. The molecule has 0 fully saturated rings. The molecule has 1 heterocycles. The van der Waals surface area contributed by atoms with Crippen molar-refractivity contribution < 1.29 is 13.5 Å². The molecule has 0 spiro atoms.